The largest absolute Gasteiger partial charge is 0.309 e. The molecule has 2 nitrogen and oxygen atoms in total. The van der Waals surface area contributed by atoms with Crippen LogP contribution < -0.4 is 0 Å². The SMILES string of the molecule is c1ccc(-c2c(-c3ccccc3)n3c4cccc5c4-p(c4ccccc4n5-c4ccccc4)c4cccc2c43)cc1. The van der Waals surface area contributed by atoms with Gasteiger partial charge in [0.15, 0.2) is 0 Å². The van der Waals surface area contributed by atoms with E-state index < -0.39 is 7.53 Å². The van der Waals surface area contributed by atoms with E-state index in [1.54, 1.807) is 0 Å². The summed E-state index contributed by atoms with van der Waals surface area (Å²) in [4.78, 5) is 0. The molecule has 0 spiro atoms. The normalized spacial score (nSPS) is 12.3. The van der Waals surface area contributed by atoms with Crippen LogP contribution in [0.5, 0.6) is 0 Å². The molecule has 1 atom stereocenters. The molecule has 0 saturated carbocycles. The predicted molar refractivity (Wildman–Crippen MR) is 175 cm³/mol. The van der Waals surface area contributed by atoms with Crippen LogP contribution in [-0.2, 0) is 0 Å². The Balaban J connectivity index is 1.61. The van der Waals surface area contributed by atoms with Crippen molar-refractivity contribution in [3.8, 4) is 33.4 Å². The fourth-order valence-electron chi connectivity index (χ4n) is 6.81. The van der Waals surface area contributed by atoms with Crippen molar-refractivity contribution < 1.29 is 0 Å². The Kier molecular flexibility index (Phi) is 4.84. The summed E-state index contributed by atoms with van der Waals surface area (Å²) in [5.74, 6) is 0. The molecule has 9 rings (SSSR count). The van der Waals surface area contributed by atoms with Gasteiger partial charge in [0.2, 0.25) is 0 Å². The van der Waals surface area contributed by atoms with Crippen LogP contribution in [0.25, 0.3) is 71.1 Å². The molecule has 192 valence electrons. The van der Waals surface area contributed by atoms with Crippen molar-refractivity contribution >= 4 is 45.2 Å². The summed E-state index contributed by atoms with van der Waals surface area (Å²) in [6, 6.07) is 55.5. The lowest BCUT2D eigenvalue weighted by Gasteiger charge is -2.25. The van der Waals surface area contributed by atoms with Crippen LogP contribution >= 0.6 is 7.53 Å². The van der Waals surface area contributed by atoms with Crippen molar-refractivity contribution in [3.05, 3.63) is 152 Å². The molecule has 0 aliphatic carbocycles. The summed E-state index contributed by atoms with van der Waals surface area (Å²) in [6.45, 7) is 0. The quantitative estimate of drug-likeness (QED) is 0.156. The molecule has 1 aromatic heterocycles. The zero-order chi connectivity index (χ0) is 26.9. The number of rotatable bonds is 3. The molecular weight excluding hydrogens is 515 g/mol. The van der Waals surface area contributed by atoms with E-state index in [2.05, 4.69) is 161 Å². The average molecular weight is 541 g/mol. The second-order valence-electron chi connectivity index (χ2n) is 10.6. The molecule has 41 heavy (non-hydrogen) atoms. The molecule has 3 heterocycles. The summed E-state index contributed by atoms with van der Waals surface area (Å²) < 4.78 is 5.03. The van der Waals surface area contributed by atoms with Gasteiger partial charge >= 0.3 is 0 Å². The Hall–Kier alpha value is -5.04. The molecule has 0 saturated heterocycles. The van der Waals surface area contributed by atoms with Crippen molar-refractivity contribution in [2.24, 2.45) is 0 Å². The molecule has 0 amide bonds. The molecule has 3 heteroatoms. The highest BCUT2D eigenvalue weighted by molar-refractivity contribution is 7.68. The van der Waals surface area contributed by atoms with E-state index in [0.29, 0.717) is 0 Å². The second kappa shape index (κ2) is 8.73. The fourth-order valence-corrected chi connectivity index (χ4v) is 9.67. The van der Waals surface area contributed by atoms with Gasteiger partial charge in [-0.25, -0.2) is 0 Å². The zero-order valence-electron chi connectivity index (χ0n) is 22.3. The van der Waals surface area contributed by atoms with E-state index in [1.807, 2.05) is 0 Å². The monoisotopic (exact) mass is 540 g/mol. The van der Waals surface area contributed by atoms with Crippen molar-refractivity contribution in [2.75, 3.05) is 0 Å². The third kappa shape index (κ3) is 3.14. The van der Waals surface area contributed by atoms with Gasteiger partial charge in [0.1, 0.15) is 0 Å². The first kappa shape index (κ1) is 22.7. The molecule has 0 radical (unpaired) electrons. The van der Waals surface area contributed by atoms with Crippen molar-refractivity contribution in [1.29, 1.82) is 0 Å². The first-order valence-electron chi connectivity index (χ1n) is 14.1. The third-order valence-electron chi connectivity index (χ3n) is 8.40. The lowest BCUT2D eigenvalue weighted by Crippen LogP contribution is -2.03. The van der Waals surface area contributed by atoms with Crippen molar-refractivity contribution in [1.82, 2.24) is 8.97 Å². The minimum Gasteiger partial charge on any atom is -0.309 e. The fraction of sp³-hybridized carbons (Fsp3) is 0. The summed E-state index contributed by atoms with van der Waals surface area (Å²) in [7, 11) is -0.757. The van der Waals surface area contributed by atoms with E-state index in [1.165, 1.54) is 71.1 Å². The summed E-state index contributed by atoms with van der Waals surface area (Å²) in [6.07, 6.45) is 0. The van der Waals surface area contributed by atoms with Gasteiger partial charge in [0, 0.05) is 32.2 Å². The summed E-state index contributed by atoms with van der Waals surface area (Å²) >= 11 is 0. The minimum atomic E-state index is -0.757. The van der Waals surface area contributed by atoms with Gasteiger partial charge in [-0.3, -0.25) is 0 Å². The van der Waals surface area contributed by atoms with Gasteiger partial charge in [-0.05, 0) is 53.6 Å². The van der Waals surface area contributed by atoms with Crippen LogP contribution in [0.1, 0.15) is 0 Å². The Morgan fingerprint density at radius 3 is 1.80 bits per heavy atom. The maximum absolute atomic E-state index is 2.57. The van der Waals surface area contributed by atoms with Gasteiger partial charge in [-0.2, -0.15) is 0 Å². The maximum atomic E-state index is 2.57. The third-order valence-corrected chi connectivity index (χ3v) is 11.0. The standard InChI is InChI=1S/C38H25N2P/c1-4-14-26(15-5-1)35-29-20-12-25-34-37(29)40(36(35)27-16-6-2-7-17-27)32-23-13-22-31-38(32)41(34)33-24-11-10-21-30(33)39(31)28-18-8-3-9-19-28/h1-25H. The zero-order valence-corrected chi connectivity index (χ0v) is 23.2. The van der Waals surface area contributed by atoms with E-state index in [0.717, 1.165) is 0 Å². The topological polar surface area (TPSA) is 9.34 Å². The molecule has 0 fully saturated rings. The highest BCUT2D eigenvalue weighted by Crippen LogP contribution is 2.60. The Bertz CT molecular complexity index is 2340. The molecule has 7 aromatic rings. The lowest BCUT2D eigenvalue weighted by molar-refractivity contribution is 1.16. The maximum Gasteiger partial charge on any atom is 0.0657 e. The van der Waals surface area contributed by atoms with Gasteiger partial charge in [0.25, 0.3) is 0 Å². The Labute approximate surface area is 238 Å². The Morgan fingerprint density at radius 2 is 1.02 bits per heavy atom. The predicted octanol–water partition coefficient (Wildman–Crippen LogP) is 10.9. The molecule has 6 aromatic carbocycles. The number of aromatic nitrogens is 2. The van der Waals surface area contributed by atoms with Crippen molar-refractivity contribution in [2.45, 2.75) is 0 Å². The van der Waals surface area contributed by atoms with Crippen LogP contribution in [-0.4, -0.2) is 8.97 Å². The van der Waals surface area contributed by atoms with Crippen LogP contribution in [0.2, 0.25) is 0 Å². The van der Waals surface area contributed by atoms with Crippen LogP contribution in [0, 0.1) is 0 Å². The highest BCUT2D eigenvalue weighted by Gasteiger charge is 2.27. The number of nitrogens with zero attached hydrogens (tertiary/aromatic N) is 2. The van der Waals surface area contributed by atoms with Gasteiger partial charge in [0.05, 0.1) is 27.8 Å². The first-order valence-corrected chi connectivity index (χ1v) is 15.4. The smallest absolute Gasteiger partial charge is 0.0657 e. The molecule has 2 aliphatic rings. The lowest BCUT2D eigenvalue weighted by atomic mass is 9.98. The van der Waals surface area contributed by atoms with E-state index in [-0.39, 0.29) is 0 Å². The molecule has 2 aliphatic heterocycles. The average Bonchev–Trinajstić information content (AvgIpc) is 3.40. The minimum absolute atomic E-state index is 0.757. The van der Waals surface area contributed by atoms with E-state index in [4.69, 9.17) is 0 Å². The summed E-state index contributed by atoms with van der Waals surface area (Å²) in [5, 5.41) is 5.58. The van der Waals surface area contributed by atoms with Gasteiger partial charge in [-0.1, -0.05) is 117 Å². The summed E-state index contributed by atoms with van der Waals surface area (Å²) in [5.41, 5.74) is 11.4. The highest BCUT2D eigenvalue weighted by atomic mass is 31.1. The number of hydrogen-bond donors (Lipinski definition) is 0. The first-order chi connectivity index (χ1) is 20.4. The molecule has 0 bridgehead atoms. The number of benzene rings is 6. The van der Waals surface area contributed by atoms with Crippen molar-refractivity contribution in [3.63, 3.8) is 0 Å². The van der Waals surface area contributed by atoms with Gasteiger partial charge in [-0.15, -0.1) is 0 Å². The van der Waals surface area contributed by atoms with E-state index >= 15 is 0 Å². The Morgan fingerprint density at radius 1 is 0.439 bits per heavy atom. The number of hydrogen-bond acceptors (Lipinski definition) is 0. The number of fused-ring (bicyclic) bond motifs is 4. The molecule has 1 unspecified atom stereocenters. The molecule has 0 N–H and O–H groups in total. The van der Waals surface area contributed by atoms with E-state index in [9.17, 15) is 0 Å². The van der Waals surface area contributed by atoms with Crippen LogP contribution in [0.3, 0.4) is 0 Å². The van der Waals surface area contributed by atoms with Gasteiger partial charge < -0.3 is 8.97 Å². The second-order valence-corrected chi connectivity index (χ2v) is 12.7. The van der Waals surface area contributed by atoms with Crippen LogP contribution in [0.15, 0.2) is 152 Å². The van der Waals surface area contributed by atoms with Crippen LogP contribution in [0.4, 0.5) is 0 Å². The molecular formula is C38H25N2P. The number of para-hydroxylation sites is 3.